The average Bonchev–Trinajstić information content (AvgIpc) is 3.13. The molecular formula is C21H19N5O3. The number of nitrogens with one attached hydrogen (secondary N) is 1. The second-order valence-electron chi connectivity index (χ2n) is 7.12. The Labute approximate surface area is 166 Å². The molecule has 8 heteroatoms. The molecule has 0 saturated carbocycles. The highest BCUT2D eigenvalue weighted by Crippen LogP contribution is 2.36. The zero-order valence-electron chi connectivity index (χ0n) is 15.7. The summed E-state index contributed by atoms with van der Waals surface area (Å²) < 4.78 is 5.39. The number of hydrogen-bond acceptors (Lipinski definition) is 6. The van der Waals surface area contributed by atoms with Crippen LogP contribution in [0.15, 0.2) is 48.7 Å². The van der Waals surface area contributed by atoms with E-state index in [1.807, 2.05) is 42.5 Å². The maximum absolute atomic E-state index is 11.9. The monoisotopic (exact) mass is 389 g/mol. The summed E-state index contributed by atoms with van der Waals surface area (Å²) >= 11 is 0. The molecule has 0 atom stereocenters. The minimum Gasteiger partial charge on any atom is -0.379 e. The third-order valence-electron chi connectivity index (χ3n) is 5.23. The van der Waals surface area contributed by atoms with Crippen molar-refractivity contribution in [3.05, 3.63) is 64.3 Å². The van der Waals surface area contributed by atoms with Crippen molar-refractivity contribution in [1.29, 1.82) is 0 Å². The number of benzene rings is 2. The Bertz CT molecular complexity index is 1210. The van der Waals surface area contributed by atoms with Crippen LogP contribution in [0.2, 0.25) is 0 Å². The van der Waals surface area contributed by atoms with Gasteiger partial charge in [0.15, 0.2) is 0 Å². The third kappa shape index (κ3) is 3.32. The molecule has 0 radical (unpaired) electrons. The van der Waals surface area contributed by atoms with Crippen molar-refractivity contribution in [2.45, 2.75) is 6.54 Å². The molecule has 0 aliphatic carbocycles. The molecule has 146 valence electrons. The summed E-state index contributed by atoms with van der Waals surface area (Å²) in [6, 6.07) is 13.3. The predicted molar refractivity (Wildman–Crippen MR) is 110 cm³/mol. The van der Waals surface area contributed by atoms with Crippen LogP contribution >= 0.6 is 0 Å². The molecule has 1 saturated heterocycles. The van der Waals surface area contributed by atoms with Crippen LogP contribution < -0.4 is 0 Å². The molecule has 5 rings (SSSR count). The van der Waals surface area contributed by atoms with Gasteiger partial charge >= 0.3 is 5.69 Å². The van der Waals surface area contributed by atoms with Gasteiger partial charge in [-0.05, 0) is 29.8 Å². The highest BCUT2D eigenvalue weighted by atomic mass is 16.6. The Hall–Kier alpha value is -3.36. The first-order valence-corrected chi connectivity index (χ1v) is 9.50. The smallest absolute Gasteiger partial charge is 0.304 e. The molecule has 2 aromatic heterocycles. The number of aromatic amines is 1. The van der Waals surface area contributed by atoms with E-state index in [1.54, 1.807) is 6.20 Å². The second-order valence-corrected chi connectivity index (χ2v) is 7.12. The van der Waals surface area contributed by atoms with E-state index in [-0.39, 0.29) is 10.6 Å². The van der Waals surface area contributed by atoms with Gasteiger partial charge in [0, 0.05) is 19.6 Å². The van der Waals surface area contributed by atoms with Crippen LogP contribution in [-0.2, 0) is 11.3 Å². The Morgan fingerprint density at radius 2 is 1.93 bits per heavy atom. The maximum atomic E-state index is 11.9. The molecule has 8 nitrogen and oxygen atoms in total. The fraction of sp³-hybridized carbons (Fsp3) is 0.238. The van der Waals surface area contributed by atoms with Crippen molar-refractivity contribution in [3.8, 4) is 11.4 Å². The number of hydrogen-bond donors (Lipinski definition) is 1. The number of H-pyrrole nitrogens is 1. The van der Waals surface area contributed by atoms with Crippen molar-refractivity contribution in [2.24, 2.45) is 0 Å². The van der Waals surface area contributed by atoms with Crippen molar-refractivity contribution >= 4 is 27.6 Å². The Morgan fingerprint density at radius 1 is 1.14 bits per heavy atom. The first-order valence-electron chi connectivity index (χ1n) is 9.50. The summed E-state index contributed by atoms with van der Waals surface area (Å²) in [5, 5.41) is 12.5. The van der Waals surface area contributed by atoms with Crippen LogP contribution in [-0.4, -0.2) is 51.1 Å². The standard InChI is InChI=1S/C21H19N5O3/c27-26(28)21-15-11-14(13-25-7-9-29-10-8-25)5-6-16(15)24-20(21)19-12-22-17-3-1-2-4-18(17)23-19/h1-6,11-12,24H,7-10,13H2. The first-order chi connectivity index (χ1) is 14.2. The van der Waals surface area contributed by atoms with Crippen LogP contribution in [0.1, 0.15) is 5.56 Å². The van der Waals surface area contributed by atoms with Gasteiger partial charge in [0.2, 0.25) is 0 Å². The normalized spacial score (nSPS) is 15.2. The predicted octanol–water partition coefficient (Wildman–Crippen LogP) is 3.52. The lowest BCUT2D eigenvalue weighted by Crippen LogP contribution is -2.35. The largest absolute Gasteiger partial charge is 0.379 e. The molecule has 4 aromatic rings. The Morgan fingerprint density at radius 3 is 2.72 bits per heavy atom. The molecule has 2 aromatic carbocycles. The van der Waals surface area contributed by atoms with Gasteiger partial charge in [-0.2, -0.15) is 0 Å². The van der Waals surface area contributed by atoms with Crippen molar-refractivity contribution in [1.82, 2.24) is 19.9 Å². The Kier molecular flexibility index (Phi) is 4.42. The number of fused-ring (bicyclic) bond motifs is 2. The number of morpholine rings is 1. The van der Waals surface area contributed by atoms with E-state index >= 15 is 0 Å². The van der Waals surface area contributed by atoms with Crippen LogP contribution in [0.3, 0.4) is 0 Å². The van der Waals surface area contributed by atoms with Crippen molar-refractivity contribution in [3.63, 3.8) is 0 Å². The third-order valence-corrected chi connectivity index (χ3v) is 5.23. The van der Waals surface area contributed by atoms with Gasteiger partial charge in [0.05, 0.1) is 46.3 Å². The Balaban J connectivity index is 1.59. The summed E-state index contributed by atoms with van der Waals surface area (Å²) in [5.41, 5.74) is 4.08. The molecule has 29 heavy (non-hydrogen) atoms. The quantitative estimate of drug-likeness (QED) is 0.424. The van der Waals surface area contributed by atoms with E-state index in [9.17, 15) is 10.1 Å². The number of nitrogens with zero attached hydrogens (tertiary/aromatic N) is 4. The number of aromatic nitrogens is 3. The van der Waals surface area contributed by atoms with E-state index in [0.717, 1.165) is 43.9 Å². The van der Waals surface area contributed by atoms with E-state index in [2.05, 4.69) is 19.9 Å². The number of rotatable bonds is 4. The number of ether oxygens (including phenoxy) is 1. The lowest BCUT2D eigenvalue weighted by atomic mass is 10.1. The van der Waals surface area contributed by atoms with E-state index in [4.69, 9.17) is 4.74 Å². The molecule has 0 amide bonds. The molecule has 1 aliphatic heterocycles. The van der Waals surface area contributed by atoms with E-state index < -0.39 is 0 Å². The summed E-state index contributed by atoms with van der Waals surface area (Å²) in [6.45, 7) is 3.91. The summed E-state index contributed by atoms with van der Waals surface area (Å²) in [4.78, 5) is 26.1. The zero-order valence-corrected chi connectivity index (χ0v) is 15.7. The SMILES string of the molecule is O=[N+]([O-])c1c(-c2cnc3ccccc3n2)[nH]c2ccc(CN3CCOCC3)cc12. The van der Waals surface area contributed by atoms with E-state index in [1.165, 1.54) is 0 Å². The van der Waals surface area contributed by atoms with Crippen molar-refractivity contribution in [2.75, 3.05) is 26.3 Å². The van der Waals surface area contributed by atoms with Gasteiger partial charge in [-0.3, -0.25) is 20.0 Å². The lowest BCUT2D eigenvalue weighted by molar-refractivity contribution is -0.382. The van der Waals surface area contributed by atoms with E-state index in [0.29, 0.717) is 27.8 Å². The molecular weight excluding hydrogens is 370 g/mol. The molecule has 0 bridgehead atoms. The highest BCUT2D eigenvalue weighted by Gasteiger charge is 2.25. The van der Waals surface area contributed by atoms with Crippen LogP contribution in [0, 0.1) is 10.1 Å². The molecule has 3 heterocycles. The van der Waals surface area contributed by atoms with Crippen LogP contribution in [0.4, 0.5) is 5.69 Å². The van der Waals surface area contributed by atoms with Gasteiger partial charge < -0.3 is 9.72 Å². The molecule has 1 aliphatic rings. The van der Waals surface area contributed by atoms with Crippen molar-refractivity contribution < 1.29 is 9.66 Å². The fourth-order valence-corrected chi connectivity index (χ4v) is 3.79. The molecule has 0 unspecified atom stereocenters. The van der Waals surface area contributed by atoms with Gasteiger partial charge in [-0.25, -0.2) is 4.98 Å². The molecule has 1 N–H and O–H groups in total. The zero-order chi connectivity index (χ0) is 19.8. The van der Waals surface area contributed by atoms with Crippen LogP contribution in [0.25, 0.3) is 33.3 Å². The molecule has 1 fully saturated rings. The fourth-order valence-electron chi connectivity index (χ4n) is 3.79. The van der Waals surface area contributed by atoms with Crippen LogP contribution in [0.5, 0.6) is 0 Å². The summed E-state index contributed by atoms with van der Waals surface area (Å²) in [6.07, 6.45) is 1.58. The van der Waals surface area contributed by atoms with Gasteiger partial charge in [0.25, 0.3) is 0 Å². The van der Waals surface area contributed by atoms with Gasteiger partial charge in [0.1, 0.15) is 11.4 Å². The number of para-hydroxylation sites is 2. The second kappa shape index (κ2) is 7.23. The topological polar surface area (TPSA) is 97.2 Å². The number of nitro groups is 1. The maximum Gasteiger partial charge on any atom is 0.304 e. The lowest BCUT2D eigenvalue weighted by Gasteiger charge is -2.26. The summed E-state index contributed by atoms with van der Waals surface area (Å²) in [7, 11) is 0. The van der Waals surface area contributed by atoms with Gasteiger partial charge in [-0.1, -0.05) is 18.2 Å². The first kappa shape index (κ1) is 17.7. The average molecular weight is 389 g/mol. The minimum atomic E-state index is -0.344. The minimum absolute atomic E-state index is 0.0356. The summed E-state index contributed by atoms with van der Waals surface area (Å²) in [5.74, 6) is 0. The van der Waals surface area contributed by atoms with Gasteiger partial charge in [-0.15, -0.1) is 0 Å². The highest BCUT2D eigenvalue weighted by molar-refractivity contribution is 5.97. The molecule has 0 spiro atoms.